The zero-order chi connectivity index (χ0) is 12.4. The smallest absolute Gasteiger partial charge is 0.320 e. The maximum absolute atomic E-state index is 11.2. The third-order valence-corrected chi connectivity index (χ3v) is 3.61. The number of carboxylic acids is 1. The van der Waals surface area contributed by atoms with E-state index < -0.39 is 5.97 Å². The highest BCUT2D eigenvalue weighted by Gasteiger charge is 2.28. The number of carboxylic acid groups (broad SMARTS) is 1. The van der Waals surface area contributed by atoms with Crippen molar-refractivity contribution in [1.29, 1.82) is 0 Å². The van der Waals surface area contributed by atoms with E-state index in [4.69, 9.17) is 0 Å². The van der Waals surface area contributed by atoms with Crippen LogP contribution in [0.2, 0.25) is 0 Å². The minimum Gasteiger partial charge on any atom is -0.480 e. The molecule has 5 nitrogen and oxygen atoms in total. The summed E-state index contributed by atoms with van der Waals surface area (Å²) in [5, 5.41) is 13.4. The Morgan fingerprint density at radius 1 is 1.59 bits per heavy atom. The molecule has 0 aromatic carbocycles. The van der Waals surface area contributed by atoms with Crippen LogP contribution in [0.1, 0.15) is 30.5 Å². The first kappa shape index (κ1) is 12.1. The molecule has 0 aliphatic carbocycles. The van der Waals surface area contributed by atoms with E-state index in [0.717, 1.165) is 37.1 Å². The Morgan fingerprint density at radius 2 is 2.35 bits per heavy atom. The molecule has 0 spiro atoms. The molecule has 94 valence electrons. The summed E-state index contributed by atoms with van der Waals surface area (Å²) in [5.41, 5.74) is 2.24. The molecule has 1 aliphatic rings. The fourth-order valence-electron chi connectivity index (χ4n) is 2.38. The Morgan fingerprint density at radius 3 is 2.94 bits per heavy atom. The molecule has 1 atom stereocenters. The highest BCUT2D eigenvalue weighted by molar-refractivity contribution is 5.73. The van der Waals surface area contributed by atoms with Crippen molar-refractivity contribution in [1.82, 2.24) is 14.7 Å². The molecule has 0 bridgehead atoms. The van der Waals surface area contributed by atoms with Crippen LogP contribution in [0.25, 0.3) is 0 Å². The van der Waals surface area contributed by atoms with E-state index in [9.17, 15) is 9.90 Å². The molecule has 2 rings (SSSR count). The van der Waals surface area contributed by atoms with Gasteiger partial charge in [0.15, 0.2) is 0 Å². The first-order valence-electron chi connectivity index (χ1n) is 6.04. The summed E-state index contributed by atoms with van der Waals surface area (Å²) in [7, 11) is 1.91. The van der Waals surface area contributed by atoms with Crippen LogP contribution in [-0.4, -0.2) is 38.3 Å². The van der Waals surface area contributed by atoms with Gasteiger partial charge < -0.3 is 5.11 Å². The highest BCUT2D eigenvalue weighted by atomic mass is 16.4. The lowest BCUT2D eigenvalue weighted by Gasteiger charge is -2.32. The van der Waals surface area contributed by atoms with Gasteiger partial charge in [0.25, 0.3) is 0 Å². The number of hydrogen-bond acceptors (Lipinski definition) is 3. The number of aliphatic carboxylic acids is 1. The van der Waals surface area contributed by atoms with Crippen LogP contribution >= 0.6 is 0 Å². The molecular weight excluding hydrogens is 218 g/mol. The van der Waals surface area contributed by atoms with Crippen molar-refractivity contribution in [3.63, 3.8) is 0 Å². The van der Waals surface area contributed by atoms with Crippen molar-refractivity contribution < 1.29 is 9.90 Å². The van der Waals surface area contributed by atoms with Crippen molar-refractivity contribution in [2.75, 3.05) is 6.54 Å². The summed E-state index contributed by atoms with van der Waals surface area (Å²) in [6.07, 6.45) is 4.69. The molecule has 0 saturated carbocycles. The summed E-state index contributed by atoms with van der Waals surface area (Å²) in [4.78, 5) is 13.2. The number of likely N-dealkylation sites (tertiary alicyclic amines) is 1. The van der Waals surface area contributed by atoms with Crippen molar-refractivity contribution in [2.45, 2.75) is 38.8 Å². The van der Waals surface area contributed by atoms with E-state index in [1.807, 2.05) is 24.9 Å². The van der Waals surface area contributed by atoms with Gasteiger partial charge in [-0.3, -0.25) is 14.4 Å². The van der Waals surface area contributed by atoms with Gasteiger partial charge in [0.05, 0.1) is 6.20 Å². The van der Waals surface area contributed by atoms with Crippen LogP contribution < -0.4 is 0 Å². The van der Waals surface area contributed by atoms with E-state index in [0.29, 0.717) is 6.54 Å². The zero-order valence-electron chi connectivity index (χ0n) is 10.4. The Hall–Kier alpha value is -1.36. The second-order valence-corrected chi connectivity index (χ2v) is 4.70. The van der Waals surface area contributed by atoms with Crippen LogP contribution in [0, 0.1) is 6.92 Å². The van der Waals surface area contributed by atoms with Crippen LogP contribution in [0.15, 0.2) is 6.20 Å². The fraction of sp³-hybridized carbons (Fsp3) is 0.667. The van der Waals surface area contributed by atoms with E-state index in [2.05, 4.69) is 10.00 Å². The average molecular weight is 237 g/mol. The zero-order valence-corrected chi connectivity index (χ0v) is 10.4. The van der Waals surface area contributed by atoms with Crippen LogP contribution in [-0.2, 0) is 18.4 Å². The third-order valence-electron chi connectivity index (χ3n) is 3.61. The maximum Gasteiger partial charge on any atom is 0.320 e. The minimum atomic E-state index is -0.703. The predicted octanol–water partition coefficient (Wildman–Crippen LogP) is 1.17. The Labute approximate surface area is 101 Å². The topological polar surface area (TPSA) is 58.4 Å². The Kier molecular flexibility index (Phi) is 3.47. The predicted molar refractivity (Wildman–Crippen MR) is 63.6 cm³/mol. The number of aryl methyl sites for hydroxylation is 1. The van der Waals surface area contributed by atoms with Gasteiger partial charge in [0.2, 0.25) is 0 Å². The standard InChI is InChI=1S/C12H19N3O2/c1-9-10(7-13-14(9)2)8-15-6-4-3-5-11(15)12(16)17/h7,11H,3-6,8H2,1-2H3,(H,16,17). The first-order valence-corrected chi connectivity index (χ1v) is 6.04. The second kappa shape index (κ2) is 4.87. The van der Waals surface area contributed by atoms with Crippen molar-refractivity contribution in [3.05, 3.63) is 17.5 Å². The van der Waals surface area contributed by atoms with E-state index >= 15 is 0 Å². The molecule has 2 heterocycles. The molecule has 0 amide bonds. The van der Waals surface area contributed by atoms with Gasteiger partial charge in [-0.15, -0.1) is 0 Å². The number of hydrogen-bond donors (Lipinski definition) is 1. The van der Waals surface area contributed by atoms with Gasteiger partial charge in [0.1, 0.15) is 6.04 Å². The maximum atomic E-state index is 11.2. The molecule has 1 unspecified atom stereocenters. The summed E-state index contributed by atoms with van der Waals surface area (Å²) in [5.74, 6) is -0.703. The third kappa shape index (κ3) is 2.49. The lowest BCUT2D eigenvalue weighted by Crippen LogP contribution is -2.44. The van der Waals surface area contributed by atoms with Crippen molar-refractivity contribution in [3.8, 4) is 0 Å². The monoisotopic (exact) mass is 237 g/mol. The average Bonchev–Trinajstić information content (AvgIpc) is 2.61. The van der Waals surface area contributed by atoms with Crippen molar-refractivity contribution >= 4 is 5.97 Å². The summed E-state index contributed by atoms with van der Waals surface area (Å²) >= 11 is 0. The van der Waals surface area contributed by atoms with Crippen LogP contribution in [0.3, 0.4) is 0 Å². The Bertz CT molecular complexity index is 414. The molecule has 1 N–H and O–H groups in total. The van der Waals surface area contributed by atoms with Gasteiger partial charge in [-0.05, 0) is 26.3 Å². The quantitative estimate of drug-likeness (QED) is 0.857. The van der Waals surface area contributed by atoms with E-state index in [-0.39, 0.29) is 6.04 Å². The molecule has 1 saturated heterocycles. The lowest BCUT2D eigenvalue weighted by atomic mass is 10.0. The van der Waals surface area contributed by atoms with Crippen LogP contribution in [0.5, 0.6) is 0 Å². The fourth-order valence-corrected chi connectivity index (χ4v) is 2.38. The molecule has 1 fully saturated rings. The van der Waals surface area contributed by atoms with E-state index in [1.165, 1.54) is 0 Å². The minimum absolute atomic E-state index is 0.330. The number of aromatic nitrogens is 2. The molecule has 0 radical (unpaired) electrons. The van der Waals surface area contributed by atoms with Gasteiger partial charge in [-0.25, -0.2) is 0 Å². The SMILES string of the molecule is Cc1c(CN2CCCCC2C(=O)O)cnn1C. The Balaban J connectivity index is 2.10. The molecule has 1 aromatic rings. The largest absolute Gasteiger partial charge is 0.480 e. The number of nitrogens with zero attached hydrogens (tertiary/aromatic N) is 3. The first-order chi connectivity index (χ1) is 8.09. The summed E-state index contributed by atoms with van der Waals surface area (Å²) < 4.78 is 1.83. The van der Waals surface area contributed by atoms with E-state index in [1.54, 1.807) is 0 Å². The van der Waals surface area contributed by atoms with Crippen LogP contribution in [0.4, 0.5) is 0 Å². The number of carbonyl (C=O) groups is 1. The van der Waals surface area contributed by atoms with Gasteiger partial charge in [-0.2, -0.15) is 5.10 Å². The lowest BCUT2D eigenvalue weighted by molar-refractivity contribution is -0.144. The normalized spacial score (nSPS) is 21.6. The second-order valence-electron chi connectivity index (χ2n) is 4.70. The number of rotatable bonds is 3. The highest BCUT2D eigenvalue weighted by Crippen LogP contribution is 2.20. The molecule has 1 aromatic heterocycles. The van der Waals surface area contributed by atoms with Gasteiger partial charge >= 0.3 is 5.97 Å². The molecule has 5 heteroatoms. The van der Waals surface area contributed by atoms with Gasteiger partial charge in [0, 0.05) is 24.8 Å². The van der Waals surface area contributed by atoms with Crippen molar-refractivity contribution in [2.24, 2.45) is 7.05 Å². The van der Waals surface area contributed by atoms with Gasteiger partial charge in [-0.1, -0.05) is 6.42 Å². The molecule has 17 heavy (non-hydrogen) atoms. The summed E-state index contributed by atoms with van der Waals surface area (Å²) in [6.45, 7) is 3.57. The molecule has 1 aliphatic heterocycles. The molecular formula is C12H19N3O2. The number of piperidine rings is 1. The summed E-state index contributed by atoms with van der Waals surface area (Å²) in [6, 6.07) is -0.330.